The number of alkyl halides is 1. The second-order valence-electron chi connectivity index (χ2n) is 2.94. The van der Waals surface area contributed by atoms with Crippen LogP contribution in [0, 0.1) is 5.92 Å². The number of aliphatic hydroxyl groups excluding tert-OH is 1. The number of rotatable bonds is 1. The first kappa shape index (κ1) is 7.94. The quantitative estimate of drug-likeness (QED) is 0.613. The minimum atomic E-state index is -0.958. The number of aliphatic hydroxyl groups is 1. The predicted octanol–water partition coefficient (Wildman–Crippen LogP) is 0.0656. The first-order chi connectivity index (χ1) is 5.83. The lowest BCUT2D eigenvalue weighted by Crippen LogP contribution is -2.42. The Morgan fingerprint density at radius 3 is 3.25 bits per heavy atom. The number of halogens is 1. The lowest BCUT2D eigenvalue weighted by molar-refractivity contribution is -0.174. The molecule has 0 aromatic rings. The molecule has 2 heterocycles. The maximum atomic E-state index is 12.3. The lowest BCUT2D eigenvalue weighted by atomic mass is 9.93. The van der Waals surface area contributed by atoms with Crippen LogP contribution in [-0.4, -0.2) is 36.5 Å². The topological polar surface area (TPSA) is 51.0 Å². The Morgan fingerprint density at radius 2 is 2.50 bits per heavy atom. The molecule has 12 heavy (non-hydrogen) atoms. The summed E-state index contributed by atoms with van der Waals surface area (Å²) in [5, 5.41) is 12.9. The number of fused-ring (bicyclic) bond motifs is 1. The van der Waals surface area contributed by atoms with E-state index in [1.807, 2.05) is 0 Å². The molecular weight excluding hydrogens is 165 g/mol. The van der Waals surface area contributed by atoms with Crippen LogP contribution in [0.1, 0.15) is 6.42 Å². The summed E-state index contributed by atoms with van der Waals surface area (Å²) in [5.41, 5.74) is 0.257. The highest BCUT2D eigenvalue weighted by Gasteiger charge is 2.42. The van der Waals surface area contributed by atoms with Crippen LogP contribution in [0.25, 0.3) is 0 Å². The fourth-order valence-corrected chi connectivity index (χ4v) is 1.58. The highest BCUT2D eigenvalue weighted by Crippen LogP contribution is 2.29. The Balaban J connectivity index is 2.12. The van der Waals surface area contributed by atoms with Crippen molar-refractivity contribution in [1.29, 1.82) is 0 Å². The minimum Gasteiger partial charge on any atom is -0.391 e. The van der Waals surface area contributed by atoms with E-state index < -0.39 is 18.9 Å². The zero-order valence-electron chi connectivity index (χ0n) is 6.44. The summed E-state index contributed by atoms with van der Waals surface area (Å²) in [7, 11) is 0. The summed E-state index contributed by atoms with van der Waals surface area (Å²) in [6, 6.07) is 0. The average Bonchev–Trinajstić information content (AvgIpc) is 2.49. The van der Waals surface area contributed by atoms with E-state index in [4.69, 9.17) is 9.57 Å². The van der Waals surface area contributed by atoms with Crippen LogP contribution in [0.2, 0.25) is 0 Å². The van der Waals surface area contributed by atoms with Crippen LogP contribution in [0.15, 0.2) is 5.16 Å². The second kappa shape index (κ2) is 2.99. The van der Waals surface area contributed by atoms with Gasteiger partial charge in [0.25, 0.3) is 0 Å². The summed E-state index contributed by atoms with van der Waals surface area (Å²) < 4.78 is 17.2. The average molecular weight is 175 g/mol. The third kappa shape index (κ3) is 1.09. The fourth-order valence-electron chi connectivity index (χ4n) is 1.58. The van der Waals surface area contributed by atoms with Crippen molar-refractivity contribution in [1.82, 2.24) is 0 Å². The van der Waals surface area contributed by atoms with E-state index in [1.165, 1.54) is 0 Å². The molecule has 2 rings (SSSR count). The van der Waals surface area contributed by atoms with Crippen molar-refractivity contribution in [3.05, 3.63) is 0 Å². The molecule has 0 radical (unpaired) electrons. The number of ether oxygens (including phenoxy) is 1. The van der Waals surface area contributed by atoms with Crippen LogP contribution in [0.3, 0.4) is 0 Å². The molecule has 1 fully saturated rings. The Labute approximate surface area is 69.0 Å². The molecule has 2 aliphatic rings. The monoisotopic (exact) mass is 175 g/mol. The molecule has 0 aromatic heterocycles. The van der Waals surface area contributed by atoms with Gasteiger partial charge < -0.3 is 14.7 Å². The summed E-state index contributed by atoms with van der Waals surface area (Å²) in [5.74, 6) is -0.399. The zero-order chi connectivity index (χ0) is 8.55. The van der Waals surface area contributed by atoms with Gasteiger partial charge in [0.15, 0.2) is 6.29 Å². The predicted molar refractivity (Wildman–Crippen MR) is 38.3 cm³/mol. The van der Waals surface area contributed by atoms with E-state index in [0.29, 0.717) is 13.0 Å². The van der Waals surface area contributed by atoms with Crippen molar-refractivity contribution in [2.24, 2.45) is 11.1 Å². The van der Waals surface area contributed by atoms with E-state index in [2.05, 4.69) is 5.16 Å². The van der Waals surface area contributed by atoms with Crippen LogP contribution >= 0.6 is 0 Å². The Bertz CT molecular complexity index is 209. The number of oxime groups is 1. The minimum absolute atomic E-state index is 0.195. The van der Waals surface area contributed by atoms with E-state index in [-0.39, 0.29) is 11.8 Å². The summed E-state index contributed by atoms with van der Waals surface area (Å²) in [6.45, 7) is -0.237. The van der Waals surface area contributed by atoms with Gasteiger partial charge >= 0.3 is 0 Å². The first-order valence-electron chi connectivity index (χ1n) is 3.91. The van der Waals surface area contributed by atoms with Gasteiger partial charge in [0, 0.05) is 6.42 Å². The van der Waals surface area contributed by atoms with Gasteiger partial charge in [0.2, 0.25) is 0 Å². The van der Waals surface area contributed by atoms with Crippen molar-refractivity contribution in [3.8, 4) is 0 Å². The normalized spacial score (nSPS) is 40.2. The standard InChI is InChI=1S/C7H10FNO3/c8-3-4-6-5(12-9-4)1-2-11-7(6)10/h5-7,10H,1-3H2/t5-,6-,7?/m1/s1. The van der Waals surface area contributed by atoms with E-state index in [1.54, 1.807) is 0 Å². The molecule has 5 heteroatoms. The molecule has 2 aliphatic heterocycles. The van der Waals surface area contributed by atoms with E-state index in [0.717, 1.165) is 0 Å². The SMILES string of the molecule is OC1OCC[C@H]2ON=C(CF)[C@@H]12. The van der Waals surface area contributed by atoms with Crippen LogP contribution in [0.5, 0.6) is 0 Å². The van der Waals surface area contributed by atoms with Crippen molar-refractivity contribution in [2.45, 2.75) is 18.8 Å². The number of hydrogen-bond donors (Lipinski definition) is 1. The molecule has 3 atom stereocenters. The first-order valence-corrected chi connectivity index (χ1v) is 3.91. The van der Waals surface area contributed by atoms with Gasteiger partial charge in [-0.2, -0.15) is 0 Å². The molecular formula is C7H10FNO3. The Morgan fingerprint density at radius 1 is 1.67 bits per heavy atom. The maximum absolute atomic E-state index is 12.3. The Kier molecular flexibility index (Phi) is 1.98. The van der Waals surface area contributed by atoms with Gasteiger partial charge in [-0.1, -0.05) is 5.16 Å². The highest BCUT2D eigenvalue weighted by molar-refractivity contribution is 5.89. The van der Waals surface area contributed by atoms with Crippen molar-refractivity contribution < 1.29 is 19.1 Å². The molecule has 1 unspecified atom stereocenters. The molecule has 0 bridgehead atoms. The van der Waals surface area contributed by atoms with Gasteiger partial charge in [0.1, 0.15) is 18.5 Å². The third-order valence-corrected chi connectivity index (χ3v) is 2.23. The molecule has 68 valence electrons. The smallest absolute Gasteiger partial charge is 0.166 e. The molecule has 0 spiro atoms. The maximum Gasteiger partial charge on any atom is 0.166 e. The van der Waals surface area contributed by atoms with Crippen LogP contribution < -0.4 is 0 Å². The zero-order valence-corrected chi connectivity index (χ0v) is 6.44. The number of nitrogens with zero attached hydrogens (tertiary/aromatic N) is 1. The van der Waals surface area contributed by atoms with Gasteiger partial charge in [-0.05, 0) is 0 Å². The molecule has 0 aliphatic carbocycles. The highest BCUT2D eigenvalue weighted by atomic mass is 19.1. The Hall–Kier alpha value is -0.680. The molecule has 0 amide bonds. The summed E-state index contributed by atoms with van der Waals surface area (Å²) in [4.78, 5) is 4.94. The third-order valence-electron chi connectivity index (χ3n) is 2.23. The molecule has 0 aromatic carbocycles. The largest absolute Gasteiger partial charge is 0.391 e. The summed E-state index contributed by atoms with van der Waals surface area (Å²) >= 11 is 0. The van der Waals surface area contributed by atoms with E-state index in [9.17, 15) is 9.50 Å². The van der Waals surface area contributed by atoms with Gasteiger partial charge in [-0.15, -0.1) is 0 Å². The van der Waals surface area contributed by atoms with Crippen LogP contribution in [0.4, 0.5) is 4.39 Å². The van der Waals surface area contributed by atoms with Crippen molar-refractivity contribution in [2.75, 3.05) is 13.3 Å². The number of hydrogen-bond acceptors (Lipinski definition) is 4. The summed E-state index contributed by atoms with van der Waals surface area (Å²) in [6.07, 6.45) is -0.491. The van der Waals surface area contributed by atoms with Crippen molar-refractivity contribution >= 4 is 5.71 Å². The molecule has 0 saturated carbocycles. The molecule has 4 nitrogen and oxygen atoms in total. The van der Waals surface area contributed by atoms with E-state index >= 15 is 0 Å². The van der Waals surface area contributed by atoms with Gasteiger partial charge in [-0.3, -0.25) is 0 Å². The lowest BCUT2D eigenvalue weighted by Gasteiger charge is -2.28. The molecule has 1 saturated heterocycles. The van der Waals surface area contributed by atoms with Gasteiger partial charge in [-0.25, -0.2) is 4.39 Å². The van der Waals surface area contributed by atoms with Crippen LogP contribution in [-0.2, 0) is 9.57 Å². The van der Waals surface area contributed by atoms with Gasteiger partial charge in [0.05, 0.1) is 12.5 Å². The van der Waals surface area contributed by atoms with Crippen molar-refractivity contribution in [3.63, 3.8) is 0 Å². The fraction of sp³-hybridized carbons (Fsp3) is 0.857. The second-order valence-corrected chi connectivity index (χ2v) is 2.94. The molecule has 1 N–H and O–H groups in total.